The fourth-order valence-corrected chi connectivity index (χ4v) is 4.82. The van der Waals surface area contributed by atoms with Gasteiger partial charge in [0.2, 0.25) is 0 Å². The van der Waals surface area contributed by atoms with Crippen molar-refractivity contribution in [3.05, 3.63) is 70.6 Å². The molecule has 2 aromatic carbocycles. The van der Waals surface area contributed by atoms with Gasteiger partial charge in [-0.1, -0.05) is 56.3 Å². The van der Waals surface area contributed by atoms with Crippen molar-refractivity contribution in [2.75, 3.05) is 20.3 Å². The Hall–Kier alpha value is -2.92. The Morgan fingerprint density at radius 3 is 2.61 bits per heavy atom. The first-order chi connectivity index (χ1) is 14.8. The van der Waals surface area contributed by atoms with E-state index in [4.69, 9.17) is 9.47 Å². The summed E-state index contributed by atoms with van der Waals surface area (Å²) in [6.45, 7) is 6.60. The van der Waals surface area contributed by atoms with Gasteiger partial charge in [-0.15, -0.1) is 0 Å². The summed E-state index contributed by atoms with van der Waals surface area (Å²) in [4.78, 5) is 26.6. The third-order valence-corrected chi connectivity index (χ3v) is 6.11. The number of rotatable bonds is 5. The van der Waals surface area contributed by atoms with Crippen LogP contribution in [0.2, 0.25) is 0 Å². The molecule has 5 heteroatoms. The molecule has 5 nitrogen and oxygen atoms in total. The Balaban J connectivity index is 1.89. The number of carbonyl (C=O) groups excluding carboxylic acids is 2. The first-order valence-electron chi connectivity index (χ1n) is 10.7. The average molecular weight is 420 g/mol. The molecule has 0 bridgehead atoms. The largest absolute Gasteiger partial charge is 0.460 e. The third kappa shape index (κ3) is 4.02. The fraction of sp³-hybridized carbons (Fsp3) is 0.385. The smallest absolute Gasteiger partial charge is 0.336 e. The van der Waals surface area contributed by atoms with Crippen LogP contribution < -0.4 is 5.32 Å². The summed E-state index contributed by atoms with van der Waals surface area (Å²) in [6, 6.07) is 14.1. The molecule has 31 heavy (non-hydrogen) atoms. The van der Waals surface area contributed by atoms with E-state index in [-0.39, 0.29) is 17.8 Å². The lowest BCUT2D eigenvalue weighted by Crippen LogP contribution is -2.38. The van der Waals surface area contributed by atoms with Gasteiger partial charge in [-0.2, -0.15) is 0 Å². The molecule has 0 saturated heterocycles. The number of fused-ring (bicyclic) bond motifs is 1. The molecule has 1 atom stereocenters. The summed E-state index contributed by atoms with van der Waals surface area (Å²) in [6.07, 6.45) is 1.22. The van der Waals surface area contributed by atoms with E-state index < -0.39 is 11.9 Å². The molecule has 1 aliphatic heterocycles. The molecule has 162 valence electrons. The highest BCUT2D eigenvalue weighted by Gasteiger charge is 2.43. The van der Waals surface area contributed by atoms with Crippen molar-refractivity contribution in [3.63, 3.8) is 0 Å². The van der Waals surface area contributed by atoms with Crippen LogP contribution in [0.4, 0.5) is 0 Å². The summed E-state index contributed by atoms with van der Waals surface area (Å²) < 4.78 is 10.5. The van der Waals surface area contributed by atoms with Gasteiger partial charge in [-0.3, -0.25) is 4.79 Å². The number of carbonyl (C=O) groups is 2. The van der Waals surface area contributed by atoms with Gasteiger partial charge in [0.25, 0.3) is 0 Å². The monoisotopic (exact) mass is 419 g/mol. The summed E-state index contributed by atoms with van der Waals surface area (Å²) in [5.41, 5.74) is 3.69. The maximum Gasteiger partial charge on any atom is 0.336 e. The lowest BCUT2D eigenvalue weighted by atomic mass is 9.68. The number of esters is 1. The first kappa shape index (κ1) is 21.3. The molecule has 1 N–H and O–H groups in total. The summed E-state index contributed by atoms with van der Waals surface area (Å²) >= 11 is 0. The molecule has 0 radical (unpaired) electrons. The molecule has 1 unspecified atom stereocenters. The van der Waals surface area contributed by atoms with Crippen LogP contribution >= 0.6 is 0 Å². The highest BCUT2D eigenvalue weighted by molar-refractivity contribution is 6.05. The number of nitrogens with one attached hydrogen (secondary N) is 1. The van der Waals surface area contributed by atoms with Crippen LogP contribution in [0.5, 0.6) is 0 Å². The van der Waals surface area contributed by atoms with Gasteiger partial charge in [0, 0.05) is 36.4 Å². The molecule has 2 aliphatic rings. The molecule has 1 aliphatic carbocycles. The molecular weight excluding hydrogens is 390 g/mol. The minimum atomic E-state index is -0.457. The molecule has 0 amide bonds. The summed E-state index contributed by atoms with van der Waals surface area (Å²) in [5, 5.41) is 5.50. The van der Waals surface area contributed by atoms with Crippen LogP contribution in [0.1, 0.15) is 45.1 Å². The predicted octanol–water partition coefficient (Wildman–Crippen LogP) is 4.63. The number of allylic oxidation sites excluding steroid dienone is 3. The molecule has 0 fully saturated rings. The van der Waals surface area contributed by atoms with E-state index in [0.717, 1.165) is 34.2 Å². The van der Waals surface area contributed by atoms with Gasteiger partial charge >= 0.3 is 5.97 Å². The number of Topliss-reactive ketones (excluding diaryl/α,β-unsaturated/α-hetero) is 1. The number of ketones is 1. The summed E-state index contributed by atoms with van der Waals surface area (Å²) in [7, 11) is 1.57. The van der Waals surface area contributed by atoms with Crippen LogP contribution in [0.25, 0.3) is 10.8 Å². The van der Waals surface area contributed by atoms with E-state index in [1.807, 2.05) is 49.4 Å². The Morgan fingerprint density at radius 2 is 1.84 bits per heavy atom. The number of dihydropyridines is 1. The second kappa shape index (κ2) is 8.31. The number of hydrogen-bond acceptors (Lipinski definition) is 5. The van der Waals surface area contributed by atoms with Gasteiger partial charge in [-0.25, -0.2) is 4.79 Å². The minimum absolute atomic E-state index is 0.0892. The van der Waals surface area contributed by atoms with Crippen molar-refractivity contribution in [1.29, 1.82) is 0 Å². The number of ether oxygens (including phenoxy) is 2. The lowest BCUT2D eigenvalue weighted by Gasteiger charge is -2.39. The van der Waals surface area contributed by atoms with E-state index in [9.17, 15) is 9.59 Å². The Bertz CT molecular complexity index is 1100. The zero-order chi connectivity index (χ0) is 22.2. The van der Waals surface area contributed by atoms with Gasteiger partial charge in [-0.05, 0) is 35.1 Å². The normalized spacial score (nSPS) is 20.5. The van der Waals surface area contributed by atoms with Crippen molar-refractivity contribution >= 4 is 22.5 Å². The Labute approximate surface area is 183 Å². The Kier molecular flexibility index (Phi) is 5.71. The molecule has 0 spiro atoms. The van der Waals surface area contributed by atoms with E-state index in [0.29, 0.717) is 24.2 Å². The van der Waals surface area contributed by atoms with Crippen molar-refractivity contribution < 1.29 is 19.1 Å². The third-order valence-electron chi connectivity index (χ3n) is 6.11. The van der Waals surface area contributed by atoms with Crippen molar-refractivity contribution in [3.8, 4) is 0 Å². The molecule has 0 aromatic heterocycles. The minimum Gasteiger partial charge on any atom is -0.460 e. The van der Waals surface area contributed by atoms with Crippen molar-refractivity contribution in [1.82, 2.24) is 5.32 Å². The predicted molar refractivity (Wildman–Crippen MR) is 120 cm³/mol. The molecule has 0 saturated carbocycles. The van der Waals surface area contributed by atoms with Gasteiger partial charge in [0.05, 0.1) is 12.2 Å². The molecule has 2 aromatic rings. The van der Waals surface area contributed by atoms with Gasteiger partial charge in [0.15, 0.2) is 5.78 Å². The van der Waals surface area contributed by atoms with Crippen LogP contribution in [0.15, 0.2) is 65.0 Å². The second-order valence-electron chi connectivity index (χ2n) is 9.13. The quantitative estimate of drug-likeness (QED) is 0.565. The topological polar surface area (TPSA) is 64.6 Å². The maximum absolute atomic E-state index is 13.4. The van der Waals surface area contributed by atoms with Crippen molar-refractivity contribution in [2.24, 2.45) is 5.41 Å². The molecule has 4 rings (SSSR count). The zero-order valence-electron chi connectivity index (χ0n) is 18.6. The number of hydrogen-bond donors (Lipinski definition) is 1. The van der Waals surface area contributed by atoms with Crippen LogP contribution in [-0.4, -0.2) is 32.1 Å². The number of methoxy groups -OCH3 is 1. The fourth-order valence-electron chi connectivity index (χ4n) is 4.82. The maximum atomic E-state index is 13.4. The molecular formula is C26H29NO4. The zero-order valence-corrected chi connectivity index (χ0v) is 18.6. The van der Waals surface area contributed by atoms with Crippen LogP contribution in [0, 0.1) is 5.41 Å². The first-order valence-corrected chi connectivity index (χ1v) is 10.7. The SMILES string of the molecule is COCCOC(=O)C1=C(C)NC2=C(C(=O)CC(C)(C)C2)C1c1cccc2ccccc12. The second-order valence-corrected chi connectivity index (χ2v) is 9.13. The molecule has 1 heterocycles. The van der Waals surface area contributed by atoms with E-state index in [1.54, 1.807) is 7.11 Å². The van der Waals surface area contributed by atoms with Crippen molar-refractivity contribution in [2.45, 2.75) is 39.5 Å². The number of benzene rings is 2. The van der Waals surface area contributed by atoms with Crippen LogP contribution in [-0.2, 0) is 19.1 Å². The van der Waals surface area contributed by atoms with E-state index in [2.05, 4.69) is 19.2 Å². The highest BCUT2D eigenvalue weighted by atomic mass is 16.6. The van der Waals surface area contributed by atoms with E-state index >= 15 is 0 Å². The summed E-state index contributed by atoms with van der Waals surface area (Å²) in [5.74, 6) is -0.781. The highest BCUT2D eigenvalue weighted by Crippen LogP contribution is 2.48. The standard InChI is InChI=1S/C26H29NO4/c1-16-22(25(29)31-13-12-30-4)23(19-11-7-9-17-8-5-6-10-18(17)19)24-20(27-16)14-26(2,3)15-21(24)28/h5-11,23,27H,12-15H2,1-4H3. The Morgan fingerprint density at radius 1 is 1.10 bits per heavy atom. The van der Waals surface area contributed by atoms with Crippen LogP contribution in [0.3, 0.4) is 0 Å². The van der Waals surface area contributed by atoms with E-state index in [1.165, 1.54) is 0 Å². The van der Waals surface area contributed by atoms with Gasteiger partial charge in [0.1, 0.15) is 6.61 Å². The average Bonchev–Trinajstić information content (AvgIpc) is 2.71. The lowest BCUT2D eigenvalue weighted by molar-refractivity contribution is -0.140. The van der Waals surface area contributed by atoms with Gasteiger partial charge < -0.3 is 14.8 Å².